The highest BCUT2D eigenvalue weighted by molar-refractivity contribution is 14.0. The summed E-state index contributed by atoms with van der Waals surface area (Å²) in [6, 6.07) is 12.5. The molecule has 0 bridgehead atoms. The standard InChI is InChI=1S/C19H22F2N4O.HI/c1-22-19(25-13-15-6-2-3-8-17(15)21)24-10-9-23-18(26)12-14-5-4-7-16(20)11-14;/h2-8,11H,9-10,12-13H2,1H3,(H,23,26)(H2,22,24,25);1H. The molecule has 0 spiro atoms. The third-order valence-corrected chi connectivity index (χ3v) is 3.62. The molecule has 3 N–H and O–H groups in total. The third kappa shape index (κ3) is 8.33. The van der Waals surface area contributed by atoms with Gasteiger partial charge >= 0.3 is 0 Å². The van der Waals surface area contributed by atoms with Crippen LogP contribution in [0.15, 0.2) is 53.5 Å². The maximum absolute atomic E-state index is 13.6. The average molecular weight is 488 g/mol. The lowest BCUT2D eigenvalue weighted by Crippen LogP contribution is -2.41. The van der Waals surface area contributed by atoms with Crippen LogP contribution in [0, 0.1) is 11.6 Å². The van der Waals surface area contributed by atoms with E-state index >= 15 is 0 Å². The molecule has 0 heterocycles. The normalized spacial score (nSPS) is 10.7. The van der Waals surface area contributed by atoms with Crippen molar-refractivity contribution in [2.45, 2.75) is 13.0 Å². The van der Waals surface area contributed by atoms with Gasteiger partial charge in [-0.15, -0.1) is 24.0 Å². The second-order valence-electron chi connectivity index (χ2n) is 5.60. The molecule has 0 aliphatic carbocycles. The van der Waals surface area contributed by atoms with Crippen LogP contribution in [-0.2, 0) is 17.8 Å². The van der Waals surface area contributed by atoms with Gasteiger partial charge in [-0.05, 0) is 23.8 Å². The van der Waals surface area contributed by atoms with Crippen LogP contribution < -0.4 is 16.0 Å². The van der Waals surface area contributed by atoms with E-state index in [4.69, 9.17) is 0 Å². The first-order valence-electron chi connectivity index (χ1n) is 8.27. The van der Waals surface area contributed by atoms with Gasteiger partial charge in [-0.25, -0.2) is 8.78 Å². The number of benzene rings is 2. The molecule has 0 aliphatic heterocycles. The Morgan fingerprint density at radius 3 is 2.44 bits per heavy atom. The van der Waals surface area contributed by atoms with Crippen LogP contribution >= 0.6 is 24.0 Å². The molecule has 2 aromatic carbocycles. The van der Waals surface area contributed by atoms with Crippen molar-refractivity contribution >= 4 is 35.8 Å². The summed E-state index contributed by atoms with van der Waals surface area (Å²) in [5.74, 6) is -0.318. The number of nitrogens with one attached hydrogen (secondary N) is 3. The Kier molecular flexibility index (Phi) is 10.3. The molecule has 0 aliphatic rings. The fourth-order valence-electron chi connectivity index (χ4n) is 2.32. The molecule has 1 amide bonds. The molecular formula is C19H23F2IN4O. The summed E-state index contributed by atoms with van der Waals surface area (Å²) in [7, 11) is 1.61. The highest BCUT2D eigenvalue weighted by atomic mass is 127. The fourth-order valence-corrected chi connectivity index (χ4v) is 2.32. The van der Waals surface area contributed by atoms with Gasteiger partial charge in [-0.2, -0.15) is 0 Å². The molecule has 2 rings (SSSR count). The summed E-state index contributed by atoms with van der Waals surface area (Å²) in [5, 5.41) is 8.78. The van der Waals surface area contributed by atoms with Crippen LogP contribution in [0.25, 0.3) is 0 Å². The van der Waals surface area contributed by atoms with Gasteiger partial charge < -0.3 is 16.0 Å². The number of nitrogens with zero attached hydrogens (tertiary/aromatic N) is 1. The van der Waals surface area contributed by atoms with Gasteiger partial charge in [0, 0.05) is 32.2 Å². The molecule has 0 unspecified atom stereocenters. The number of amides is 1. The predicted molar refractivity (Wildman–Crippen MR) is 113 cm³/mol. The summed E-state index contributed by atoms with van der Waals surface area (Å²) < 4.78 is 26.7. The molecular weight excluding hydrogens is 465 g/mol. The topological polar surface area (TPSA) is 65.5 Å². The maximum Gasteiger partial charge on any atom is 0.224 e. The number of carbonyl (C=O) groups is 1. The van der Waals surface area contributed by atoms with Gasteiger partial charge in [-0.1, -0.05) is 30.3 Å². The zero-order valence-corrected chi connectivity index (χ0v) is 17.3. The van der Waals surface area contributed by atoms with Crippen molar-refractivity contribution in [2.75, 3.05) is 20.1 Å². The molecule has 0 saturated heterocycles. The molecule has 0 atom stereocenters. The molecule has 2 aromatic rings. The van der Waals surface area contributed by atoms with Crippen molar-refractivity contribution < 1.29 is 13.6 Å². The smallest absolute Gasteiger partial charge is 0.224 e. The molecule has 5 nitrogen and oxygen atoms in total. The van der Waals surface area contributed by atoms with Crippen molar-refractivity contribution in [3.8, 4) is 0 Å². The molecule has 27 heavy (non-hydrogen) atoms. The van der Waals surface area contributed by atoms with Crippen LogP contribution in [0.1, 0.15) is 11.1 Å². The van der Waals surface area contributed by atoms with Crippen molar-refractivity contribution in [3.63, 3.8) is 0 Å². The quantitative estimate of drug-likeness (QED) is 0.243. The van der Waals surface area contributed by atoms with Crippen molar-refractivity contribution in [3.05, 3.63) is 71.3 Å². The largest absolute Gasteiger partial charge is 0.355 e. The molecule has 146 valence electrons. The van der Waals surface area contributed by atoms with Gasteiger partial charge in [0.05, 0.1) is 6.42 Å². The predicted octanol–water partition coefficient (Wildman–Crippen LogP) is 2.61. The summed E-state index contributed by atoms with van der Waals surface area (Å²) in [6.07, 6.45) is 0.123. The van der Waals surface area contributed by atoms with E-state index in [0.29, 0.717) is 36.7 Å². The second kappa shape index (κ2) is 12.2. The lowest BCUT2D eigenvalue weighted by Gasteiger charge is -2.13. The fraction of sp³-hybridized carbons (Fsp3) is 0.263. The first-order chi connectivity index (χ1) is 12.6. The van der Waals surface area contributed by atoms with E-state index in [1.54, 1.807) is 37.4 Å². The van der Waals surface area contributed by atoms with Gasteiger partial charge in [0.2, 0.25) is 5.91 Å². The van der Waals surface area contributed by atoms with E-state index in [0.717, 1.165) is 0 Å². The molecule has 0 saturated carbocycles. The van der Waals surface area contributed by atoms with Gasteiger partial charge in [0.15, 0.2) is 5.96 Å². The monoisotopic (exact) mass is 488 g/mol. The Bertz CT molecular complexity index is 771. The lowest BCUT2D eigenvalue weighted by molar-refractivity contribution is -0.120. The van der Waals surface area contributed by atoms with E-state index in [1.165, 1.54) is 18.2 Å². The summed E-state index contributed by atoms with van der Waals surface area (Å²) in [4.78, 5) is 15.9. The highest BCUT2D eigenvalue weighted by Gasteiger charge is 2.05. The molecule has 0 radical (unpaired) electrons. The van der Waals surface area contributed by atoms with Crippen LogP contribution in [-0.4, -0.2) is 32.0 Å². The SMILES string of the molecule is CN=C(NCCNC(=O)Cc1cccc(F)c1)NCc1ccccc1F.I. The Morgan fingerprint density at radius 2 is 1.74 bits per heavy atom. The Balaban J connectivity index is 0.00000364. The van der Waals surface area contributed by atoms with Crippen LogP contribution in [0.2, 0.25) is 0 Å². The zero-order valence-electron chi connectivity index (χ0n) is 15.0. The number of hydrogen-bond donors (Lipinski definition) is 3. The Hall–Kier alpha value is -2.23. The molecule has 0 fully saturated rings. The Labute approximate surface area is 174 Å². The number of guanidine groups is 1. The minimum atomic E-state index is -0.360. The van der Waals surface area contributed by atoms with E-state index < -0.39 is 0 Å². The van der Waals surface area contributed by atoms with E-state index in [1.807, 2.05) is 0 Å². The van der Waals surface area contributed by atoms with Crippen molar-refractivity contribution in [1.82, 2.24) is 16.0 Å². The minimum absolute atomic E-state index is 0. The third-order valence-electron chi connectivity index (χ3n) is 3.62. The minimum Gasteiger partial charge on any atom is -0.355 e. The number of hydrogen-bond acceptors (Lipinski definition) is 2. The second-order valence-corrected chi connectivity index (χ2v) is 5.60. The maximum atomic E-state index is 13.6. The molecule has 0 aromatic heterocycles. The zero-order chi connectivity index (χ0) is 18.8. The lowest BCUT2D eigenvalue weighted by atomic mass is 10.1. The summed E-state index contributed by atoms with van der Waals surface area (Å²) in [5.41, 5.74) is 1.16. The Morgan fingerprint density at radius 1 is 1.00 bits per heavy atom. The summed E-state index contributed by atoms with van der Waals surface area (Å²) >= 11 is 0. The van der Waals surface area contributed by atoms with Crippen molar-refractivity contribution in [1.29, 1.82) is 0 Å². The van der Waals surface area contributed by atoms with Gasteiger partial charge in [-0.3, -0.25) is 9.79 Å². The van der Waals surface area contributed by atoms with Crippen molar-refractivity contribution in [2.24, 2.45) is 4.99 Å². The van der Waals surface area contributed by atoms with Crippen LogP contribution in [0.4, 0.5) is 8.78 Å². The first kappa shape index (κ1) is 22.8. The van der Waals surface area contributed by atoms with E-state index in [-0.39, 0.29) is 47.9 Å². The van der Waals surface area contributed by atoms with Crippen LogP contribution in [0.5, 0.6) is 0 Å². The molecule has 8 heteroatoms. The average Bonchev–Trinajstić information content (AvgIpc) is 2.62. The number of halogens is 3. The number of aliphatic imine (C=N–C) groups is 1. The number of carbonyl (C=O) groups excluding carboxylic acids is 1. The first-order valence-corrected chi connectivity index (χ1v) is 8.27. The van der Waals surface area contributed by atoms with Crippen LogP contribution in [0.3, 0.4) is 0 Å². The van der Waals surface area contributed by atoms with Gasteiger partial charge in [0.25, 0.3) is 0 Å². The highest BCUT2D eigenvalue weighted by Crippen LogP contribution is 2.05. The van der Waals surface area contributed by atoms with Gasteiger partial charge in [0.1, 0.15) is 11.6 Å². The number of rotatable bonds is 7. The summed E-state index contributed by atoms with van der Waals surface area (Å²) in [6.45, 7) is 1.14. The van der Waals surface area contributed by atoms with E-state index in [9.17, 15) is 13.6 Å². The van der Waals surface area contributed by atoms with E-state index in [2.05, 4.69) is 20.9 Å².